The van der Waals surface area contributed by atoms with Gasteiger partial charge in [-0.15, -0.1) is 12.4 Å². The van der Waals surface area contributed by atoms with Gasteiger partial charge in [-0.2, -0.15) is 0 Å². The molecule has 0 aromatic heterocycles. The van der Waals surface area contributed by atoms with Crippen LogP contribution in [0.3, 0.4) is 0 Å². The zero-order chi connectivity index (χ0) is 17.3. The van der Waals surface area contributed by atoms with E-state index in [0.29, 0.717) is 24.8 Å². The number of benzene rings is 2. The van der Waals surface area contributed by atoms with Crippen LogP contribution in [0.5, 0.6) is 0 Å². The van der Waals surface area contributed by atoms with Gasteiger partial charge in [-0.05, 0) is 49.4 Å². The van der Waals surface area contributed by atoms with Crippen LogP contribution in [0, 0.1) is 5.92 Å². The molecule has 0 aliphatic carbocycles. The molecule has 0 bridgehead atoms. The Hall–Kier alpha value is -1.84. The van der Waals surface area contributed by atoms with E-state index in [0.717, 1.165) is 38.9 Å². The van der Waals surface area contributed by atoms with E-state index in [9.17, 15) is 4.79 Å². The van der Waals surface area contributed by atoms with Gasteiger partial charge in [0.05, 0.1) is 0 Å². The van der Waals surface area contributed by atoms with E-state index < -0.39 is 0 Å². The summed E-state index contributed by atoms with van der Waals surface area (Å²) in [5, 5.41) is 3.38. The Labute approximate surface area is 163 Å². The minimum absolute atomic E-state index is 0. The fraction of sp³-hybridized carbons (Fsp3) is 0.409. The van der Waals surface area contributed by atoms with Crippen molar-refractivity contribution in [2.45, 2.75) is 32.2 Å². The number of rotatable bonds is 7. The molecular formula is C22H29ClN2O. The molecular weight excluding hydrogens is 344 g/mol. The lowest BCUT2D eigenvalue weighted by molar-refractivity contribution is -0.133. The number of hydrogen-bond acceptors (Lipinski definition) is 2. The van der Waals surface area contributed by atoms with Gasteiger partial charge >= 0.3 is 0 Å². The van der Waals surface area contributed by atoms with Crippen LogP contribution in [0.25, 0.3) is 0 Å². The summed E-state index contributed by atoms with van der Waals surface area (Å²) in [6, 6.07) is 20.8. The first-order valence-electron chi connectivity index (χ1n) is 9.37. The van der Waals surface area contributed by atoms with Gasteiger partial charge in [0.15, 0.2) is 0 Å². The third-order valence-corrected chi connectivity index (χ3v) is 5.00. The molecule has 140 valence electrons. The van der Waals surface area contributed by atoms with Crippen LogP contribution >= 0.6 is 12.4 Å². The summed E-state index contributed by atoms with van der Waals surface area (Å²) in [4.78, 5) is 15.0. The van der Waals surface area contributed by atoms with Crippen LogP contribution in [0.15, 0.2) is 60.7 Å². The van der Waals surface area contributed by atoms with E-state index >= 15 is 0 Å². The number of amides is 1. The quantitative estimate of drug-likeness (QED) is 0.794. The summed E-state index contributed by atoms with van der Waals surface area (Å²) in [5.41, 5.74) is 2.49. The molecule has 2 aromatic carbocycles. The molecule has 1 fully saturated rings. The molecule has 0 radical (unpaired) electrons. The van der Waals surface area contributed by atoms with Crippen molar-refractivity contribution >= 4 is 18.3 Å². The second-order valence-corrected chi connectivity index (χ2v) is 6.93. The zero-order valence-corrected chi connectivity index (χ0v) is 16.1. The number of hydrogen-bond donors (Lipinski definition) is 1. The van der Waals surface area contributed by atoms with Crippen LogP contribution in [0.4, 0.5) is 0 Å². The summed E-state index contributed by atoms with van der Waals surface area (Å²) < 4.78 is 0. The maximum atomic E-state index is 12.9. The molecule has 2 aromatic rings. The number of carbonyl (C=O) groups is 1. The minimum Gasteiger partial charge on any atom is -0.338 e. The van der Waals surface area contributed by atoms with Gasteiger partial charge in [0.25, 0.3) is 0 Å². The summed E-state index contributed by atoms with van der Waals surface area (Å²) in [6.07, 6.45) is 3.82. The molecule has 4 heteroatoms. The van der Waals surface area contributed by atoms with Crippen LogP contribution in [0.2, 0.25) is 0 Å². The van der Waals surface area contributed by atoms with Crippen molar-refractivity contribution in [3.63, 3.8) is 0 Å². The Bertz CT molecular complexity index is 642. The number of nitrogens with zero attached hydrogens (tertiary/aromatic N) is 1. The fourth-order valence-corrected chi connectivity index (χ4v) is 3.47. The molecule has 3 nitrogen and oxygen atoms in total. The maximum absolute atomic E-state index is 12.9. The number of carbonyl (C=O) groups excluding carboxylic acids is 1. The minimum atomic E-state index is 0. The largest absolute Gasteiger partial charge is 0.338 e. The molecule has 1 amide bonds. The van der Waals surface area contributed by atoms with Gasteiger partial charge in [-0.25, -0.2) is 0 Å². The number of nitrogens with one attached hydrogen (secondary N) is 1. The van der Waals surface area contributed by atoms with Crippen LogP contribution in [-0.4, -0.2) is 30.4 Å². The lowest BCUT2D eigenvalue weighted by atomic mass is 9.94. The molecule has 1 heterocycles. The van der Waals surface area contributed by atoms with E-state index in [4.69, 9.17) is 0 Å². The summed E-state index contributed by atoms with van der Waals surface area (Å²) in [7, 11) is 0. The van der Waals surface area contributed by atoms with Crippen molar-refractivity contribution in [1.82, 2.24) is 10.2 Å². The third kappa shape index (κ3) is 6.47. The van der Waals surface area contributed by atoms with Gasteiger partial charge in [0.1, 0.15) is 0 Å². The van der Waals surface area contributed by atoms with Crippen molar-refractivity contribution in [2.75, 3.05) is 19.6 Å². The molecule has 26 heavy (non-hydrogen) atoms. The molecule has 1 N–H and O–H groups in total. The first-order valence-corrected chi connectivity index (χ1v) is 9.37. The Kier molecular flexibility index (Phi) is 8.66. The summed E-state index contributed by atoms with van der Waals surface area (Å²) in [5.74, 6) is 0.829. The average Bonchev–Trinajstić information content (AvgIpc) is 2.67. The molecule has 0 spiro atoms. The van der Waals surface area contributed by atoms with Gasteiger partial charge in [0, 0.05) is 19.5 Å². The van der Waals surface area contributed by atoms with Crippen LogP contribution in [0.1, 0.15) is 30.4 Å². The van der Waals surface area contributed by atoms with Gasteiger partial charge < -0.3 is 10.2 Å². The van der Waals surface area contributed by atoms with Crippen molar-refractivity contribution in [2.24, 2.45) is 5.92 Å². The molecule has 3 rings (SSSR count). The second kappa shape index (κ2) is 11.0. The SMILES string of the molecule is Cl.O=C(CC1CCNCC1)N(CCc1ccccc1)Cc1ccccc1. The van der Waals surface area contributed by atoms with E-state index in [-0.39, 0.29) is 12.4 Å². The third-order valence-electron chi connectivity index (χ3n) is 5.00. The highest BCUT2D eigenvalue weighted by atomic mass is 35.5. The standard InChI is InChI=1S/C22H28N2O.ClH/c25-22(17-20-11-14-23-15-12-20)24(18-21-9-5-2-6-10-21)16-13-19-7-3-1-4-8-19;/h1-10,20,23H,11-18H2;1H. The zero-order valence-electron chi connectivity index (χ0n) is 15.3. The highest BCUT2D eigenvalue weighted by Crippen LogP contribution is 2.18. The predicted molar refractivity (Wildman–Crippen MR) is 109 cm³/mol. The van der Waals surface area contributed by atoms with Gasteiger partial charge in [-0.3, -0.25) is 4.79 Å². The van der Waals surface area contributed by atoms with E-state index in [1.165, 1.54) is 11.1 Å². The average molecular weight is 373 g/mol. The van der Waals surface area contributed by atoms with Crippen molar-refractivity contribution in [1.29, 1.82) is 0 Å². The first kappa shape index (κ1) is 20.5. The normalized spacial score (nSPS) is 14.5. The predicted octanol–water partition coefficient (Wildman–Crippen LogP) is 4.07. The van der Waals surface area contributed by atoms with Gasteiger partial charge in [-0.1, -0.05) is 60.7 Å². The molecule has 1 aliphatic rings. The molecule has 0 unspecified atom stereocenters. The lowest BCUT2D eigenvalue weighted by Gasteiger charge is -2.27. The number of piperidine rings is 1. The van der Waals surface area contributed by atoms with Crippen LogP contribution in [-0.2, 0) is 17.8 Å². The van der Waals surface area contributed by atoms with Crippen molar-refractivity contribution in [3.05, 3.63) is 71.8 Å². The smallest absolute Gasteiger partial charge is 0.223 e. The van der Waals surface area contributed by atoms with E-state index in [1.807, 2.05) is 29.2 Å². The Balaban J connectivity index is 0.00000243. The maximum Gasteiger partial charge on any atom is 0.223 e. The number of halogens is 1. The topological polar surface area (TPSA) is 32.3 Å². The molecule has 0 saturated carbocycles. The summed E-state index contributed by atoms with van der Waals surface area (Å²) >= 11 is 0. The second-order valence-electron chi connectivity index (χ2n) is 6.93. The van der Waals surface area contributed by atoms with Crippen LogP contribution < -0.4 is 5.32 Å². The Morgan fingerprint density at radius 1 is 0.923 bits per heavy atom. The molecule has 1 saturated heterocycles. The fourth-order valence-electron chi connectivity index (χ4n) is 3.47. The highest BCUT2D eigenvalue weighted by molar-refractivity contribution is 5.85. The van der Waals surface area contributed by atoms with E-state index in [2.05, 4.69) is 41.7 Å². The Morgan fingerprint density at radius 2 is 1.50 bits per heavy atom. The molecule has 0 atom stereocenters. The van der Waals surface area contributed by atoms with Crippen molar-refractivity contribution in [3.8, 4) is 0 Å². The highest BCUT2D eigenvalue weighted by Gasteiger charge is 2.21. The summed E-state index contributed by atoms with van der Waals surface area (Å²) in [6.45, 7) is 3.57. The van der Waals surface area contributed by atoms with Crippen molar-refractivity contribution < 1.29 is 4.79 Å². The first-order chi connectivity index (χ1) is 12.3. The Morgan fingerprint density at radius 3 is 2.12 bits per heavy atom. The van der Waals surface area contributed by atoms with E-state index in [1.54, 1.807) is 0 Å². The monoisotopic (exact) mass is 372 g/mol. The lowest BCUT2D eigenvalue weighted by Crippen LogP contribution is -2.36. The molecule has 1 aliphatic heterocycles. The van der Waals surface area contributed by atoms with Gasteiger partial charge in [0.2, 0.25) is 5.91 Å².